The first-order chi connectivity index (χ1) is 9.22. The Kier molecular flexibility index (Phi) is 2.75. The molecule has 0 aromatic heterocycles. The lowest BCUT2D eigenvalue weighted by Gasteiger charge is -2.18. The van der Waals surface area contributed by atoms with Crippen molar-refractivity contribution in [2.75, 3.05) is 5.32 Å². The fourth-order valence-electron chi connectivity index (χ4n) is 2.66. The minimum absolute atomic E-state index is 0.205. The zero-order chi connectivity index (χ0) is 14.6. The highest BCUT2D eigenvalue weighted by molar-refractivity contribution is 7.88. The lowest BCUT2D eigenvalue weighted by molar-refractivity contribution is 0.492. The Morgan fingerprint density at radius 2 is 1.90 bits per heavy atom. The normalized spacial score (nSPS) is 21.9. The predicted molar refractivity (Wildman–Crippen MR) is 80.2 cm³/mol. The molecule has 6 heteroatoms. The van der Waals surface area contributed by atoms with Crippen molar-refractivity contribution in [3.63, 3.8) is 0 Å². The molecule has 0 atom stereocenters. The van der Waals surface area contributed by atoms with Crippen LogP contribution in [0.5, 0.6) is 0 Å². The van der Waals surface area contributed by atoms with E-state index in [2.05, 4.69) is 14.4 Å². The quantitative estimate of drug-likeness (QED) is 0.878. The van der Waals surface area contributed by atoms with Crippen LogP contribution in [0.1, 0.15) is 39.2 Å². The second kappa shape index (κ2) is 4.05. The molecule has 1 fully saturated rings. The second-order valence-electron chi connectivity index (χ2n) is 6.52. The van der Waals surface area contributed by atoms with Crippen LogP contribution in [-0.2, 0) is 15.6 Å². The summed E-state index contributed by atoms with van der Waals surface area (Å²) in [6.45, 7) is 5.40. The third kappa shape index (κ3) is 2.33. The van der Waals surface area contributed by atoms with Gasteiger partial charge in [0.05, 0.1) is 5.41 Å². The molecular weight excluding hydrogens is 274 g/mol. The zero-order valence-corrected chi connectivity index (χ0v) is 12.7. The minimum Gasteiger partial charge on any atom is -0.342 e. The average Bonchev–Trinajstić information content (AvgIpc) is 3.00. The molecule has 1 heterocycles. The fraction of sp³-hybridized carbons (Fsp3) is 0.500. The standard InChI is InChI=1S/C14H19N3O2S/c1-13(2,3)17-20(18,19)16-12-14(8-9-14)10-6-4-5-7-11(10)15-12/h4-7,17H,8-9H2,1-3H3,(H,15,16). The molecule has 0 amide bonds. The second-order valence-corrected chi connectivity index (χ2v) is 7.86. The van der Waals surface area contributed by atoms with Gasteiger partial charge in [0.1, 0.15) is 5.84 Å². The molecule has 5 nitrogen and oxygen atoms in total. The van der Waals surface area contributed by atoms with E-state index in [1.807, 2.05) is 24.3 Å². The highest BCUT2D eigenvalue weighted by Crippen LogP contribution is 2.55. The Balaban J connectivity index is 1.96. The van der Waals surface area contributed by atoms with Crippen molar-refractivity contribution in [1.82, 2.24) is 4.72 Å². The summed E-state index contributed by atoms with van der Waals surface area (Å²) in [4.78, 5) is 0. The maximum atomic E-state index is 12.1. The molecular formula is C14H19N3O2S. The number of hydrogen-bond donors (Lipinski definition) is 2. The number of nitrogens with one attached hydrogen (secondary N) is 2. The summed E-state index contributed by atoms with van der Waals surface area (Å²) in [5, 5.41) is 3.16. The summed E-state index contributed by atoms with van der Waals surface area (Å²) >= 11 is 0. The van der Waals surface area contributed by atoms with Gasteiger partial charge in [-0.3, -0.25) is 0 Å². The molecule has 1 aromatic carbocycles. The summed E-state index contributed by atoms with van der Waals surface area (Å²) in [5.41, 5.74) is 1.38. The van der Waals surface area contributed by atoms with Crippen molar-refractivity contribution in [1.29, 1.82) is 0 Å². The molecule has 20 heavy (non-hydrogen) atoms. The van der Waals surface area contributed by atoms with Crippen LogP contribution in [0.3, 0.4) is 0 Å². The van der Waals surface area contributed by atoms with E-state index in [0.717, 1.165) is 24.1 Å². The van der Waals surface area contributed by atoms with E-state index in [1.165, 1.54) is 0 Å². The number of para-hydroxylation sites is 1. The molecule has 108 valence electrons. The number of anilines is 1. The van der Waals surface area contributed by atoms with Crippen molar-refractivity contribution in [2.45, 2.75) is 44.6 Å². The fourth-order valence-corrected chi connectivity index (χ4v) is 3.94. The number of fused-ring (bicyclic) bond motifs is 2. The van der Waals surface area contributed by atoms with Crippen molar-refractivity contribution in [2.24, 2.45) is 4.40 Å². The summed E-state index contributed by atoms with van der Waals surface area (Å²) in [5.74, 6) is 0.551. The molecule has 0 bridgehead atoms. The summed E-state index contributed by atoms with van der Waals surface area (Å²) in [6.07, 6.45) is 1.89. The molecule has 1 spiro atoms. The lowest BCUT2D eigenvalue weighted by Crippen LogP contribution is -2.40. The number of benzene rings is 1. The van der Waals surface area contributed by atoms with Crippen LogP contribution < -0.4 is 10.0 Å². The first-order valence-electron chi connectivity index (χ1n) is 6.73. The number of hydrogen-bond acceptors (Lipinski definition) is 2. The Morgan fingerprint density at radius 1 is 1.25 bits per heavy atom. The van der Waals surface area contributed by atoms with Gasteiger partial charge in [-0.1, -0.05) is 18.2 Å². The third-order valence-electron chi connectivity index (χ3n) is 3.55. The monoisotopic (exact) mass is 293 g/mol. The maximum absolute atomic E-state index is 12.1. The van der Waals surface area contributed by atoms with Crippen LogP contribution in [0.2, 0.25) is 0 Å². The number of rotatable bonds is 2. The van der Waals surface area contributed by atoms with Crippen molar-refractivity contribution < 1.29 is 8.42 Å². The lowest BCUT2D eigenvalue weighted by atomic mass is 9.98. The van der Waals surface area contributed by atoms with Crippen LogP contribution >= 0.6 is 0 Å². The van der Waals surface area contributed by atoms with Gasteiger partial charge in [0.25, 0.3) is 0 Å². The summed E-state index contributed by atoms with van der Waals surface area (Å²) in [7, 11) is -3.70. The van der Waals surface area contributed by atoms with Gasteiger partial charge < -0.3 is 5.32 Å². The van der Waals surface area contributed by atoms with E-state index in [1.54, 1.807) is 20.8 Å². The highest BCUT2D eigenvalue weighted by atomic mass is 32.2. The molecule has 0 radical (unpaired) electrons. The van der Waals surface area contributed by atoms with E-state index in [0.29, 0.717) is 5.84 Å². The Labute approximate surface area is 119 Å². The van der Waals surface area contributed by atoms with Crippen molar-refractivity contribution in [3.8, 4) is 0 Å². The van der Waals surface area contributed by atoms with Gasteiger partial charge in [0.2, 0.25) is 0 Å². The third-order valence-corrected chi connectivity index (χ3v) is 4.84. The summed E-state index contributed by atoms with van der Waals surface area (Å²) < 4.78 is 30.8. The van der Waals surface area contributed by atoms with Gasteiger partial charge in [0, 0.05) is 11.2 Å². The molecule has 2 N–H and O–H groups in total. The van der Waals surface area contributed by atoms with Crippen LogP contribution in [-0.4, -0.2) is 19.8 Å². The van der Waals surface area contributed by atoms with Gasteiger partial charge >= 0.3 is 10.2 Å². The first kappa shape index (κ1) is 13.6. The SMILES string of the molecule is CC(C)(C)NS(=O)(=O)N=C1Nc2ccccc2C12CC2. The van der Waals surface area contributed by atoms with Gasteiger partial charge in [0.15, 0.2) is 0 Å². The number of nitrogens with zero attached hydrogens (tertiary/aromatic N) is 1. The van der Waals surface area contributed by atoms with E-state index < -0.39 is 15.7 Å². The molecule has 1 aromatic rings. The Hall–Kier alpha value is -1.40. The topological polar surface area (TPSA) is 70.6 Å². The van der Waals surface area contributed by atoms with Crippen LogP contribution in [0, 0.1) is 0 Å². The van der Waals surface area contributed by atoms with Gasteiger partial charge in [-0.05, 0) is 45.2 Å². The highest BCUT2D eigenvalue weighted by Gasteiger charge is 2.54. The smallest absolute Gasteiger partial charge is 0.321 e. The van der Waals surface area contributed by atoms with E-state index >= 15 is 0 Å². The Bertz CT molecular complexity index is 683. The molecule has 1 saturated carbocycles. The first-order valence-corrected chi connectivity index (χ1v) is 8.17. The van der Waals surface area contributed by atoms with Gasteiger partial charge in [-0.15, -0.1) is 4.40 Å². The molecule has 0 unspecified atom stereocenters. The average molecular weight is 293 g/mol. The summed E-state index contributed by atoms with van der Waals surface area (Å²) in [6, 6.07) is 7.92. The van der Waals surface area contributed by atoms with Gasteiger partial charge in [-0.25, -0.2) is 0 Å². The van der Waals surface area contributed by atoms with Crippen LogP contribution in [0.4, 0.5) is 5.69 Å². The van der Waals surface area contributed by atoms with E-state index in [9.17, 15) is 8.42 Å². The van der Waals surface area contributed by atoms with Crippen molar-refractivity contribution in [3.05, 3.63) is 29.8 Å². The molecule has 2 aliphatic rings. The molecule has 1 aliphatic heterocycles. The maximum Gasteiger partial charge on any atom is 0.321 e. The zero-order valence-electron chi connectivity index (χ0n) is 11.9. The largest absolute Gasteiger partial charge is 0.342 e. The van der Waals surface area contributed by atoms with E-state index in [-0.39, 0.29) is 5.41 Å². The van der Waals surface area contributed by atoms with Gasteiger partial charge in [-0.2, -0.15) is 13.1 Å². The predicted octanol–water partition coefficient (Wildman–Crippen LogP) is 2.18. The number of amidine groups is 1. The molecule has 0 saturated heterocycles. The van der Waals surface area contributed by atoms with Crippen LogP contribution in [0.15, 0.2) is 28.7 Å². The minimum atomic E-state index is -3.70. The Morgan fingerprint density at radius 3 is 2.50 bits per heavy atom. The van der Waals surface area contributed by atoms with Crippen molar-refractivity contribution >= 4 is 21.7 Å². The van der Waals surface area contributed by atoms with E-state index in [4.69, 9.17) is 0 Å². The molecule has 1 aliphatic carbocycles. The van der Waals surface area contributed by atoms with Crippen LogP contribution in [0.25, 0.3) is 0 Å². The molecule has 3 rings (SSSR count).